The van der Waals surface area contributed by atoms with Gasteiger partial charge in [0.2, 0.25) is 0 Å². The van der Waals surface area contributed by atoms with Crippen LogP contribution in [0.25, 0.3) is 33.6 Å². The molecule has 4 aromatic rings. The van der Waals surface area contributed by atoms with E-state index in [1.54, 1.807) is 7.11 Å². The molecule has 2 N–H and O–H groups in total. The molecular weight excluding hydrogens is 440 g/mol. The fourth-order valence-corrected chi connectivity index (χ4v) is 6.28. The van der Waals surface area contributed by atoms with Crippen LogP contribution in [0.15, 0.2) is 36.5 Å². The van der Waals surface area contributed by atoms with Gasteiger partial charge in [-0.2, -0.15) is 0 Å². The van der Waals surface area contributed by atoms with E-state index in [0.29, 0.717) is 23.1 Å². The Morgan fingerprint density at radius 3 is 2.77 bits per heavy atom. The molecule has 8 heteroatoms. The summed E-state index contributed by atoms with van der Waals surface area (Å²) in [7, 11) is 3.66. The first kappa shape index (κ1) is 20.9. The van der Waals surface area contributed by atoms with Gasteiger partial charge < -0.3 is 24.5 Å². The smallest absolute Gasteiger partial charge is 0.254 e. The zero-order chi connectivity index (χ0) is 23.8. The number of rotatable bonds is 5. The number of likely N-dealkylation sites (tertiary alicyclic amines) is 1. The van der Waals surface area contributed by atoms with E-state index in [9.17, 15) is 4.79 Å². The fourth-order valence-electron chi connectivity index (χ4n) is 6.28. The van der Waals surface area contributed by atoms with Gasteiger partial charge in [0.1, 0.15) is 16.9 Å². The first-order valence-electron chi connectivity index (χ1n) is 12.6. The van der Waals surface area contributed by atoms with Gasteiger partial charge in [-0.25, -0.2) is 9.97 Å². The molecule has 180 valence electrons. The zero-order valence-corrected chi connectivity index (χ0v) is 20.1. The van der Waals surface area contributed by atoms with Gasteiger partial charge in [-0.05, 0) is 67.9 Å². The number of carbonyl (C=O) groups excluding carboxylic acids is 1. The third-order valence-electron chi connectivity index (χ3n) is 8.34. The molecule has 1 aliphatic heterocycles. The van der Waals surface area contributed by atoms with Crippen molar-refractivity contribution in [1.82, 2.24) is 24.0 Å². The highest BCUT2D eigenvalue weighted by Crippen LogP contribution is 2.40. The Labute approximate surface area is 203 Å². The summed E-state index contributed by atoms with van der Waals surface area (Å²) < 4.78 is 10.2. The standard InChI is InChI=1S/C27H30N6O2/c1-31-24-19(10-18(12-22(24)35-2)27(34)33-14-17-7-8-20(33)23(17)28)30-26(31)21-11-16-4-3-9-29-25(16)32(21)13-15-5-6-15/h3-4,9-12,15,17,20,23H,5-8,13-14,28H2,1-2H3/t17?,20?,23-/m1/s1. The number of carbonyl (C=O) groups is 1. The summed E-state index contributed by atoms with van der Waals surface area (Å²) in [5, 5.41) is 1.11. The molecule has 3 atom stereocenters. The molecule has 1 aromatic carbocycles. The molecule has 2 aliphatic carbocycles. The van der Waals surface area contributed by atoms with Crippen LogP contribution in [0.1, 0.15) is 36.0 Å². The molecule has 1 saturated heterocycles. The van der Waals surface area contributed by atoms with Crippen LogP contribution >= 0.6 is 0 Å². The van der Waals surface area contributed by atoms with Gasteiger partial charge in [-0.1, -0.05) is 0 Å². The molecule has 3 aromatic heterocycles. The van der Waals surface area contributed by atoms with Crippen LogP contribution in [0.5, 0.6) is 5.75 Å². The number of nitrogens with zero attached hydrogens (tertiary/aromatic N) is 5. The van der Waals surface area contributed by atoms with Crippen LogP contribution in [0, 0.1) is 11.8 Å². The second-order valence-electron chi connectivity index (χ2n) is 10.5. The summed E-state index contributed by atoms with van der Waals surface area (Å²) in [5.41, 5.74) is 10.7. The molecule has 0 radical (unpaired) electrons. The summed E-state index contributed by atoms with van der Waals surface area (Å²) >= 11 is 0. The van der Waals surface area contributed by atoms with Crippen LogP contribution in [0.2, 0.25) is 0 Å². The topological polar surface area (TPSA) is 91.2 Å². The number of methoxy groups -OCH3 is 1. The van der Waals surface area contributed by atoms with E-state index in [4.69, 9.17) is 15.5 Å². The number of hydrogen-bond donors (Lipinski definition) is 1. The molecule has 2 saturated carbocycles. The zero-order valence-electron chi connectivity index (χ0n) is 20.1. The molecule has 3 fully saturated rings. The molecular formula is C27H30N6O2. The van der Waals surface area contributed by atoms with Crippen molar-refractivity contribution in [2.45, 2.75) is 44.3 Å². The van der Waals surface area contributed by atoms with Gasteiger partial charge in [-0.15, -0.1) is 0 Å². The minimum atomic E-state index is 0.0205. The number of piperidine rings is 1. The van der Waals surface area contributed by atoms with Gasteiger partial charge in [0, 0.05) is 49.4 Å². The lowest BCUT2D eigenvalue weighted by molar-refractivity contribution is 0.0700. The van der Waals surface area contributed by atoms with Crippen molar-refractivity contribution < 1.29 is 9.53 Å². The Kier molecular flexibility index (Phi) is 4.52. The lowest BCUT2D eigenvalue weighted by atomic mass is 10.1. The number of hydrogen-bond acceptors (Lipinski definition) is 5. The number of amides is 1. The van der Waals surface area contributed by atoms with E-state index in [1.165, 1.54) is 12.8 Å². The van der Waals surface area contributed by atoms with E-state index >= 15 is 0 Å². The maximum absolute atomic E-state index is 13.5. The van der Waals surface area contributed by atoms with Crippen LogP contribution in [-0.2, 0) is 13.6 Å². The quantitative estimate of drug-likeness (QED) is 0.482. The third kappa shape index (κ3) is 3.12. The summed E-state index contributed by atoms with van der Waals surface area (Å²) in [4.78, 5) is 25.2. The minimum Gasteiger partial charge on any atom is -0.494 e. The van der Waals surface area contributed by atoms with Crippen molar-refractivity contribution >= 4 is 28.0 Å². The van der Waals surface area contributed by atoms with Crippen LogP contribution < -0.4 is 10.5 Å². The number of benzene rings is 1. The average molecular weight is 471 g/mol. The van der Waals surface area contributed by atoms with E-state index in [2.05, 4.69) is 26.3 Å². The molecule has 0 spiro atoms. The second kappa shape index (κ2) is 7.55. The highest BCUT2D eigenvalue weighted by Gasteiger charge is 2.47. The van der Waals surface area contributed by atoms with E-state index in [0.717, 1.165) is 59.5 Å². The predicted octanol–water partition coefficient (Wildman–Crippen LogP) is 3.57. The predicted molar refractivity (Wildman–Crippen MR) is 134 cm³/mol. The minimum absolute atomic E-state index is 0.0205. The number of aromatic nitrogens is 4. The second-order valence-corrected chi connectivity index (χ2v) is 10.5. The van der Waals surface area contributed by atoms with Crippen molar-refractivity contribution in [2.24, 2.45) is 24.6 Å². The number of aryl methyl sites for hydroxylation is 1. The molecule has 3 aliphatic rings. The van der Waals surface area contributed by atoms with Crippen molar-refractivity contribution in [2.75, 3.05) is 13.7 Å². The maximum atomic E-state index is 13.5. The summed E-state index contributed by atoms with van der Waals surface area (Å²) in [6.45, 7) is 1.68. The number of nitrogens with two attached hydrogens (primary N) is 1. The van der Waals surface area contributed by atoms with Crippen molar-refractivity contribution in [1.29, 1.82) is 0 Å². The van der Waals surface area contributed by atoms with Gasteiger partial charge in [0.15, 0.2) is 5.82 Å². The Morgan fingerprint density at radius 1 is 1.20 bits per heavy atom. The van der Waals surface area contributed by atoms with Gasteiger partial charge in [0.05, 0.1) is 18.3 Å². The molecule has 4 heterocycles. The Balaban J connectivity index is 1.35. The highest BCUT2D eigenvalue weighted by molar-refractivity contribution is 6.00. The number of imidazole rings is 1. The third-order valence-corrected chi connectivity index (χ3v) is 8.34. The Bertz CT molecular complexity index is 1480. The summed E-state index contributed by atoms with van der Waals surface area (Å²) in [6, 6.07) is 10.2. The van der Waals surface area contributed by atoms with Crippen LogP contribution in [-0.4, -0.2) is 55.6 Å². The monoisotopic (exact) mass is 470 g/mol. The van der Waals surface area contributed by atoms with Crippen LogP contribution in [0.4, 0.5) is 0 Å². The van der Waals surface area contributed by atoms with Crippen LogP contribution in [0.3, 0.4) is 0 Å². The molecule has 1 amide bonds. The Hall–Kier alpha value is -3.39. The van der Waals surface area contributed by atoms with Gasteiger partial charge in [-0.3, -0.25) is 4.79 Å². The van der Waals surface area contributed by atoms with Crippen molar-refractivity contribution in [3.05, 3.63) is 42.1 Å². The summed E-state index contributed by atoms with van der Waals surface area (Å²) in [6.07, 6.45) is 6.48. The molecule has 35 heavy (non-hydrogen) atoms. The number of ether oxygens (including phenoxy) is 1. The largest absolute Gasteiger partial charge is 0.494 e. The average Bonchev–Trinajstić information content (AvgIpc) is 3.27. The molecule has 2 bridgehead atoms. The Morgan fingerprint density at radius 2 is 2.06 bits per heavy atom. The van der Waals surface area contributed by atoms with E-state index < -0.39 is 0 Å². The van der Waals surface area contributed by atoms with Crippen molar-refractivity contribution in [3.8, 4) is 17.3 Å². The maximum Gasteiger partial charge on any atom is 0.254 e. The number of pyridine rings is 1. The van der Waals surface area contributed by atoms with Crippen molar-refractivity contribution in [3.63, 3.8) is 0 Å². The number of fused-ring (bicyclic) bond motifs is 4. The lowest BCUT2D eigenvalue weighted by Gasteiger charge is -2.27. The van der Waals surface area contributed by atoms with E-state index in [-0.39, 0.29) is 18.0 Å². The van der Waals surface area contributed by atoms with Gasteiger partial charge in [0.25, 0.3) is 5.91 Å². The lowest BCUT2D eigenvalue weighted by Crippen LogP contribution is -2.41. The molecule has 2 unspecified atom stereocenters. The highest BCUT2D eigenvalue weighted by atomic mass is 16.5. The SMILES string of the molecule is COc1cc(C(=O)N2CC3CCC2[C@@H]3N)cc2nc(-c3cc4cccnc4n3CC3CC3)n(C)c12. The molecule has 7 rings (SSSR count). The fraction of sp³-hybridized carbons (Fsp3) is 0.444. The van der Waals surface area contributed by atoms with E-state index in [1.807, 2.05) is 36.3 Å². The molecule has 8 nitrogen and oxygen atoms in total. The first-order valence-corrected chi connectivity index (χ1v) is 12.6. The first-order chi connectivity index (χ1) is 17.0. The summed E-state index contributed by atoms with van der Waals surface area (Å²) in [5.74, 6) is 2.64. The van der Waals surface area contributed by atoms with Gasteiger partial charge >= 0.3 is 0 Å². The normalized spacial score (nSPS) is 23.6.